The maximum atomic E-state index is 6.52. The fraction of sp³-hybridized carbons (Fsp3) is 0.333. The van der Waals surface area contributed by atoms with Crippen molar-refractivity contribution in [2.75, 3.05) is 6.61 Å². The Hall–Kier alpha value is -2.80. The smallest absolute Gasteiger partial charge is 0.187 e. The van der Waals surface area contributed by atoms with Crippen molar-refractivity contribution in [1.82, 2.24) is 0 Å². The molecule has 0 amide bonds. The quantitative estimate of drug-likeness (QED) is 0.316. The second kappa shape index (κ2) is 13.3. The van der Waals surface area contributed by atoms with Crippen LogP contribution in [0, 0.1) is 0 Å². The summed E-state index contributed by atoms with van der Waals surface area (Å²) in [6, 6.07) is 30.3. The summed E-state index contributed by atoms with van der Waals surface area (Å²) in [4.78, 5) is 0. The maximum Gasteiger partial charge on any atom is 0.187 e. The molecule has 1 aliphatic heterocycles. The summed E-state index contributed by atoms with van der Waals surface area (Å²) in [5.41, 5.74) is 3.24. The minimum Gasteiger partial charge on any atom is -0.368 e. The highest BCUT2D eigenvalue weighted by Crippen LogP contribution is 2.31. The molecule has 1 saturated heterocycles. The van der Waals surface area contributed by atoms with Crippen LogP contribution in [0.2, 0.25) is 0 Å². The van der Waals surface area contributed by atoms with E-state index in [2.05, 4.69) is 6.58 Å². The molecule has 3 aromatic carbocycles. The van der Waals surface area contributed by atoms with Crippen LogP contribution in [0.4, 0.5) is 0 Å². The summed E-state index contributed by atoms with van der Waals surface area (Å²) < 4.78 is 31.6. The van der Waals surface area contributed by atoms with Gasteiger partial charge in [-0.15, -0.1) is 6.58 Å². The van der Waals surface area contributed by atoms with Crippen molar-refractivity contribution in [1.29, 1.82) is 0 Å². The summed E-state index contributed by atoms with van der Waals surface area (Å²) in [6.07, 6.45) is -0.393. The maximum absolute atomic E-state index is 6.52. The van der Waals surface area contributed by atoms with Crippen LogP contribution in [0.1, 0.15) is 23.6 Å². The van der Waals surface area contributed by atoms with E-state index in [0.717, 1.165) is 16.7 Å². The van der Waals surface area contributed by atoms with E-state index >= 15 is 0 Å². The highest BCUT2D eigenvalue weighted by Gasteiger charge is 2.47. The summed E-state index contributed by atoms with van der Waals surface area (Å²) >= 11 is 0. The first-order chi connectivity index (χ1) is 17.2. The summed E-state index contributed by atoms with van der Waals surface area (Å²) in [6.45, 7) is 7.42. The van der Waals surface area contributed by atoms with Gasteiger partial charge >= 0.3 is 0 Å². The molecule has 4 rings (SSSR count). The predicted octanol–water partition coefficient (Wildman–Crippen LogP) is 5.69. The molecule has 3 aromatic rings. The van der Waals surface area contributed by atoms with Crippen molar-refractivity contribution in [3.05, 3.63) is 120 Å². The molecule has 184 valence electrons. The van der Waals surface area contributed by atoms with E-state index < -0.39 is 18.5 Å². The molecule has 5 atom stereocenters. The van der Waals surface area contributed by atoms with Gasteiger partial charge in [0.1, 0.15) is 18.3 Å². The zero-order valence-electron chi connectivity index (χ0n) is 20.2. The molecule has 0 N–H and O–H groups in total. The second-order valence-electron chi connectivity index (χ2n) is 8.62. The molecule has 0 bridgehead atoms. The van der Waals surface area contributed by atoms with E-state index in [0.29, 0.717) is 26.4 Å². The molecule has 0 saturated carbocycles. The highest BCUT2D eigenvalue weighted by atomic mass is 16.7. The van der Waals surface area contributed by atoms with Gasteiger partial charge in [-0.25, -0.2) is 0 Å². The van der Waals surface area contributed by atoms with Gasteiger partial charge in [0.05, 0.1) is 32.5 Å². The number of ether oxygens (including phenoxy) is 5. The molecule has 5 heteroatoms. The number of rotatable bonds is 12. The van der Waals surface area contributed by atoms with Crippen LogP contribution in [0.3, 0.4) is 0 Å². The average Bonchev–Trinajstić information content (AvgIpc) is 2.91. The molecule has 35 heavy (non-hydrogen) atoms. The van der Waals surface area contributed by atoms with Gasteiger partial charge in [0.25, 0.3) is 0 Å². The lowest BCUT2D eigenvalue weighted by molar-refractivity contribution is -0.318. The third-order valence-electron chi connectivity index (χ3n) is 5.96. The molecule has 1 fully saturated rings. The van der Waals surface area contributed by atoms with Gasteiger partial charge in [0.2, 0.25) is 0 Å². The van der Waals surface area contributed by atoms with Crippen LogP contribution < -0.4 is 0 Å². The van der Waals surface area contributed by atoms with Gasteiger partial charge in [-0.1, -0.05) is 97.1 Å². The van der Waals surface area contributed by atoms with Crippen LogP contribution in [0.5, 0.6) is 0 Å². The lowest BCUT2D eigenvalue weighted by Gasteiger charge is -2.45. The van der Waals surface area contributed by atoms with Gasteiger partial charge in [0, 0.05) is 0 Å². The van der Waals surface area contributed by atoms with E-state index in [1.807, 2.05) is 97.9 Å². The SMILES string of the molecule is C=CCOC1OC(C)C(OCc2ccccc2)C(OCc2ccccc2)C1OCc1ccccc1. The highest BCUT2D eigenvalue weighted by molar-refractivity contribution is 5.15. The van der Waals surface area contributed by atoms with E-state index in [4.69, 9.17) is 23.7 Å². The molecular formula is C30H34O5. The number of hydrogen-bond donors (Lipinski definition) is 0. The van der Waals surface area contributed by atoms with Crippen LogP contribution in [0.25, 0.3) is 0 Å². The summed E-state index contributed by atoms with van der Waals surface area (Å²) in [7, 11) is 0. The van der Waals surface area contributed by atoms with E-state index in [-0.39, 0.29) is 12.2 Å². The second-order valence-corrected chi connectivity index (χ2v) is 8.62. The zero-order valence-corrected chi connectivity index (χ0v) is 20.2. The Morgan fingerprint density at radius 2 is 1.06 bits per heavy atom. The number of benzene rings is 3. The van der Waals surface area contributed by atoms with Gasteiger partial charge in [0.15, 0.2) is 6.29 Å². The Labute approximate surface area is 208 Å². The fourth-order valence-electron chi connectivity index (χ4n) is 4.17. The largest absolute Gasteiger partial charge is 0.368 e. The first kappa shape index (κ1) is 25.3. The molecule has 1 aliphatic rings. The first-order valence-electron chi connectivity index (χ1n) is 12.1. The standard InChI is InChI=1S/C30H34O5/c1-3-19-31-30-29(34-22-26-17-11-6-12-18-26)28(33-21-25-15-9-5-10-16-25)27(23(2)35-30)32-20-24-13-7-4-8-14-24/h3-18,23,27-30H,1,19-22H2,2H3. The Bertz CT molecular complexity index is 995. The average molecular weight is 475 g/mol. The zero-order chi connectivity index (χ0) is 24.3. The van der Waals surface area contributed by atoms with E-state index in [9.17, 15) is 0 Å². The van der Waals surface area contributed by atoms with Crippen molar-refractivity contribution < 1.29 is 23.7 Å². The lowest BCUT2D eigenvalue weighted by atomic mass is 9.98. The third kappa shape index (κ3) is 7.34. The fourth-order valence-corrected chi connectivity index (χ4v) is 4.17. The Morgan fingerprint density at radius 1 is 0.629 bits per heavy atom. The van der Waals surface area contributed by atoms with E-state index in [1.54, 1.807) is 6.08 Å². The van der Waals surface area contributed by atoms with Gasteiger partial charge in [-0.3, -0.25) is 0 Å². The van der Waals surface area contributed by atoms with E-state index in [1.165, 1.54) is 0 Å². The van der Waals surface area contributed by atoms with Crippen LogP contribution in [0.15, 0.2) is 104 Å². The van der Waals surface area contributed by atoms with Crippen molar-refractivity contribution >= 4 is 0 Å². The van der Waals surface area contributed by atoms with Gasteiger partial charge in [-0.05, 0) is 23.6 Å². The van der Waals surface area contributed by atoms with Gasteiger partial charge in [-0.2, -0.15) is 0 Å². The van der Waals surface area contributed by atoms with Crippen molar-refractivity contribution in [2.24, 2.45) is 0 Å². The Kier molecular flexibility index (Phi) is 9.64. The molecule has 5 nitrogen and oxygen atoms in total. The predicted molar refractivity (Wildman–Crippen MR) is 136 cm³/mol. The normalized spacial score (nSPS) is 24.2. The molecule has 0 aromatic heterocycles. The molecule has 1 heterocycles. The Balaban J connectivity index is 1.56. The molecule has 0 radical (unpaired) electrons. The van der Waals surface area contributed by atoms with Gasteiger partial charge < -0.3 is 23.7 Å². The van der Waals surface area contributed by atoms with Crippen LogP contribution >= 0.6 is 0 Å². The molecule has 0 spiro atoms. The number of hydrogen-bond acceptors (Lipinski definition) is 5. The van der Waals surface area contributed by atoms with Crippen molar-refractivity contribution in [3.63, 3.8) is 0 Å². The first-order valence-corrected chi connectivity index (χ1v) is 12.1. The third-order valence-corrected chi connectivity index (χ3v) is 5.96. The molecular weight excluding hydrogens is 440 g/mol. The lowest BCUT2D eigenvalue weighted by Crippen LogP contribution is -2.60. The van der Waals surface area contributed by atoms with Crippen molar-refractivity contribution in [2.45, 2.75) is 57.5 Å². The summed E-state index contributed by atoms with van der Waals surface area (Å²) in [5.74, 6) is 0. The van der Waals surface area contributed by atoms with Crippen LogP contribution in [-0.2, 0) is 43.5 Å². The van der Waals surface area contributed by atoms with Crippen LogP contribution in [-0.4, -0.2) is 37.3 Å². The molecule has 5 unspecified atom stereocenters. The minimum absolute atomic E-state index is 0.258. The van der Waals surface area contributed by atoms with Crippen molar-refractivity contribution in [3.8, 4) is 0 Å². The Morgan fingerprint density at radius 3 is 1.51 bits per heavy atom. The topological polar surface area (TPSA) is 46.2 Å². The minimum atomic E-state index is -0.607. The summed E-state index contributed by atoms with van der Waals surface area (Å²) in [5, 5.41) is 0. The molecule has 0 aliphatic carbocycles. The monoisotopic (exact) mass is 474 g/mol.